The van der Waals surface area contributed by atoms with Gasteiger partial charge < -0.3 is 9.57 Å². The summed E-state index contributed by atoms with van der Waals surface area (Å²) < 4.78 is 5.18. The Balaban J connectivity index is 1.64. The molecule has 98 valence electrons. The summed E-state index contributed by atoms with van der Waals surface area (Å²) in [5.41, 5.74) is 4.63. The van der Waals surface area contributed by atoms with Gasteiger partial charge in [0.15, 0.2) is 0 Å². The monoisotopic (exact) mass is 248 g/mol. The summed E-state index contributed by atoms with van der Waals surface area (Å²) in [4.78, 5) is 7.84. The van der Waals surface area contributed by atoms with Gasteiger partial charge in [-0.3, -0.25) is 4.90 Å². The van der Waals surface area contributed by atoms with E-state index in [-0.39, 0.29) is 5.54 Å². The first kappa shape index (κ1) is 12.0. The number of methoxy groups -OCH3 is 1. The number of nitrogens with one attached hydrogen (secondary N) is 1. The van der Waals surface area contributed by atoms with E-state index in [2.05, 4.69) is 29.4 Å². The van der Waals surface area contributed by atoms with Gasteiger partial charge in [0.2, 0.25) is 0 Å². The van der Waals surface area contributed by atoms with Crippen LogP contribution in [0.5, 0.6) is 5.75 Å². The number of hydroxylamine groups is 1. The number of fused-ring (bicyclic) bond motifs is 1. The van der Waals surface area contributed by atoms with Crippen LogP contribution in [0.1, 0.15) is 12.5 Å². The smallest absolute Gasteiger partial charge is 0.118 e. The minimum Gasteiger partial charge on any atom is -0.497 e. The predicted octanol–water partition coefficient (Wildman–Crippen LogP) is 1.42. The maximum absolute atomic E-state index is 5.35. The van der Waals surface area contributed by atoms with Crippen molar-refractivity contribution in [1.82, 2.24) is 10.4 Å². The van der Waals surface area contributed by atoms with Crippen LogP contribution in [0.4, 0.5) is 0 Å². The van der Waals surface area contributed by atoms with Gasteiger partial charge >= 0.3 is 0 Å². The number of rotatable bonds is 3. The lowest BCUT2D eigenvalue weighted by Crippen LogP contribution is -2.42. The molecule has 0 amide bonds. The van der Waals surface area contributed by atoms with Crippen molar-refractivity contribution in [1.29, 1.82) is 0 Å². The Bertz CT molecular complexity index is 420. The second kappa shape index (κ2) is 4.53. The van der Waals surface area contributed by atoms with Gasteiger partial charge in [-0.15, -0.1) is 0 Å². The van der Waals surface area contributed by atoms with E-state index in [0.717, 1.165) is 32.0 Å². The number of ether oxygens (including phenoxy) is 1. The van der Waals surface area contributed by atoms with Crippen LogP contribution in [0, 0.1) is 5.92 Å². The lowest BCUT2D eigenvalue weighted by Gasteiger charge is -2.22. The number of likely N-dealkylation sites (tertiary alicyclic amines) is 1. The van der Waals surface area contributed by atoms with Crippen LogP contribution in [0.3, 0.4) is 0 Å². The first-order valence-electron chi connectivity index (χ1n) is 6.44. The molecule has 18 heavy (non-hydrogen) atoms. The van der Waals surface area contributed by atoms with Crippen molar-refractivity contribution in [3.63, 3.8) is 0 Å². The molecule has 2 fully saturated rings. The van der Waals surface area contributed by atoms with Gasteiger partial charge in [-0.1, -0.05) is 12.1 Å². The Kier molecular flexibility index (Phi) is 3.01. The molecule has 2 aliphatic heterocycles. The van der Waals surface area contributed by atoms with Crippen molar-refractivity contribution in [2.45, 2.75) is 19.0 Å². The number of nitrogens with zero attached hydrogens (tertiary/aromatic N) is 1. The van der Waals surface area contributed by atoms with E-state index in [9.17, 15) is 0 Å². The molecule has 1 aromatic carbocycles. The molecule has 3 rings (SSSR count). The zero-order valence-electron chi connectivity index (χ0n) is 11.0. The van der Waals surface area contributed by atoms with Gasteiger partial charge in [-0.25, -0.2) is 0 Å². The SMILES string of the molecule is COc1ccc(CN2C[C@@H]3CON[C@]3(C)C2)cc1. The van der Waals surface area contributed by atoms with E-state index in [1.165, 1.54) is 5.56 Å². The highest BCUT2D eigenvalue weighted by Crippen LogP contribution is 2.32. The fourth-order valence-electron chi connectivity index (χ4n) is 2.94. The second-order valence-electron chi connectivity index (χ2n) is 5.55. The normalized spacial score (nSPS) is 31.6. The van der Waals surface area contributed by atoms with E-state index in [1.807, 2.05) is 12.1 Å². The molecule has 0 aliphatic carbocycles. The van der Waals surface area contributed by atoms with Gasteiger partial charge in [0.25, 0.3) is 0 Å². The quantitative estimate of drug-likeness (QED) is 0.877. The highest BCUT2D eigenvalue weighted by atomic mass is 16.7. The van der Waals surface area contributed by atoms with Gasteiger partial charge in [0, 0.05) is 25.6 Å². The van der Waals surface area contributed by atoms with Crippen LogP contribution in [0.25, 0.3) is 0 Å². The molecular weight excluding hydrogens is 228 g/mol. The minimum absolute atomic E-state index is 0.131. The highest BCUT2D eigenvalue weighted by Gasteiger charge is 2.47. The van der Waals surface area contributed by atoms with Crippen molar-refractivity contribution in [2.24, 2.45) is 5.92 Å². The maximum atomic E-state index is 5.35. The zero-order valence-corrected chi connectivity index (χ0v) is 11.0. The van der Waals surface area contributed by atoms with Crippen LogP contribution in [-0.2, 0) is 11.4 Å². The molecule has 2 atom stereocenters. The summed E-state index contributed by atoms with van der Waals surface area (Å²) >= 11 is 0. The van der Waals surface area contributed by atoms with Gasteiger partial charge in [-0.05, 0) is 24.6 Å². The van der Waals surface area contributed by atoms with E-state index in [1.54, 1.807) is 7.11 Å². The van der Waals surface area contributed by atoms with Crippen LogP contribution < -0.4 is 10.2 Å². The lowest BCUT2D eigenvalue weighted by atomic mass is 9.92. The van der Waals surface area contributed by atoms with Crippen LogP contribution in [0.2, 0.25) is 0 Å². The molecule has 0 unspecified atom stereocenters. The molecule has 2 aliphatic rings. The molecule has 4 nitrogen and oxygen atoms in total. The summed E-state index contributed by atoms with van der Waals surface area (Å²) in [6.07, 6.45) is 0. The second-order valence-corrected chi connectivity index (χ2v) is 5.55. The van der Waals surface area contributed by atoms with Crippen LogP contribution in [0.15, 0.2) is 24.3 Å². The molecule has 0 spiro atoms. The van der Waals surface area contributed by atoms with E-state index in [0.29, 0.717) is 5.92 Å². The average Bonchev–Trinajstić information content (AvgIpc) is 2.84. The Labute approximate surface area is 108 Å². The first-order chi connectivity index (χ1) is 8.69. The third-order valence-corrected chi connectivity index (χ3v) is 4.09. The van der Waals surface area contributed by atoms with Crippen molar-refractivity contribution < 1.29 is 9.57 Å². The lowest BCUT2D eigenvalue weighted by molar-refractivity contribution is 0.0522. The van der Waals surface area contributed by atoms with E-state index < -0.39 is 0 Å². The van der Waals surface area contributed by atoms with Gasteiger partial charge in [0.1, 0.15) is 5.75 Å². The average molecular weight is 248 g/mol. The number of hydrogen-bond donors (Lipinski definition) is 1. The maximum Gasteiger partial charge on any atom is 0.118 e. The predicted molar refractivity (Wildman–Crippen MR) is 69.3 cm³/mol. The summed E-state index contributed by atoms with van der Waals surface area (Å²) in [5.74, 6) is 1.52. The van der Waals surface area contributed by atoms with Crippen molar-refractivity contribution in [3.05, 3.63) is 29.8 Å². The van der Waals surface area contributed by atoms with E-state index >= 15 is 0 Å². The minimum atomic E-state index is 0.131. The van der Waals surface area contributed by atoms with Gasteiger partial charge in [-0.2, -0.15) is 5.48 Å². The number of hydrogen-bond acceptors (Lipinski definition) is 4. The molecule has 2 heterocycles. The van der Waals surface area contributed by atoms with Crippen molar-refractivity contribution >= 4 is 0 Å². The fourth-order valence-corrected chi connectivity index (χ4v) is 2.94. The van der Waals surface area contributed by atoms with Crippen LogP contribution >= 0.6 is 0 Å². The van der Waals surface area contributed by atoms with Crippen LogP contribution in [-0.4, -0.2) is 37.2 Å². The standard InChI is InChI=1S/C14H20N2O2/c1-14-10-16(8-12(14)9-18-15-14)7-11-3-5-13(17-2)6-4-11/h3-6,12,15H,7-10H2,1-2H3/t12-,14-/m1/s1. The molecule has 4 heteroatoms. The Morgan fingerprint density at radius 3 is 2.89 bits per heavy atom. The third-order valence-electron chi connectivity index (χ3n) is 4.09. The molecule has 1 N–H and O–H groups in total. The third kappa shape index (κ3) is 2.11. The summed E-state index contributed by atoms with van der Waals surface area (Å²) in [6.45, 7) is 6.23. The number of benzene rings is 1. The molecule has 2 saturated heterocycles. The Hall–Kier alpha value is -1.10. The fraction of sp³-hybridized carbons (Fsp3) is 0.571. The molecule has 0 bridgehead atoms. The van der Waals surface area contributed by atoms with Crippen molar-refractivity contribution in [2.75, 3.05) is 26.8 Å². The molecule has 0 saturated carbocycles. The highest BCUT2D eigenvalue weighted by molar-refractivity contribution is 5.27. The molecule has 0 aromatic heterocycles. The van der Waals surface area contributed by atoms with Gasteiger partial charge in [0.05, 0.1) is 19.3 Å². The summed E-state index contributed by atoms with van der Waals surface area (Å²) in [6, 6.07) is 8.32. The molecule has 0 radical (unpaired) electrons. The largest absolute Gasteiger partial charge is 0.497 e. The summed E-state index contributed by atoms with van der Waals surface area (Å²) in [7, 11) is 1.70. The topological polar surface area (TPSA) is 33.7 Å². The van der Waals surface area contributed by atoms with E-state index in [4.69, 9.17) is 9.57 Å². The Morgan fingerprint density at radius 1 is 1.44 bits per heavy atom. The molecule has 1 aromatic rings. The first-order valence-corrected chi connectivity index (χ1v) is 6.44. The summed E-state index contributed by atoms with van der Waals surface area (Å²) in [5, 5.41) is 0. The van der Waals surface area contributed by atoms with Crippen molar-refractivity contribution in [3.8, 4) is 5.75 Å². The Morgan fingerprint density at radius 2 is 2.22 bits per heavy atom. The molecular formula is C14H20N2O2. The zero-order chi connectivity index (χ0) is 12.6.